The first-order valence-electron chi connectivity index (χ1n) is 7.02. The number of nitrogens with one attached hydrogen (secondary N) is 1. The Morgan fingerprint density at radius 2 is 2.33 bits per heavy atom. The van der Waals surface area contributed by atoms with E-state index >= 15 is 0 Å². The number of nitriles is 1. The van der Waals surface area contributed by atoms with E-state index in [4.69, 9.17) is 4.74 Å². The highest BCUT2D eigenvalue weighted by Crippen LogP contribution is 2.18. The molecule has 0 amide bonds. The zero-order chi connectivity index (χ0) is 13.6. The highest BCUT2D eigenvalue weighted by Gasteiger charge is 2.30. The van der Waals surface area contributed by atoms with Gasteiger partial charge in [-0.3, -0.25) is 10.2 Å². The predicted octanol–water partition coefficient (Wildman–Crippen LogP) is 1.77. The Morgan fingerprint density at radius 3 is 2.89 bits per heavy atom. The molecule has 4 nitrogen and oxygen atoms in total. The van der Waals surface area contributed by atoms with Crippen LogP contribution in [-0.2, 0) is 4.74 Å². The fourth-order valence-corrected chi connectivity index (χ4v) is 2.52. The first-order valence-corrected chi connectivity index (χ1v) is 7.02. The van der Waals surface area contributed by atoms with Crippen LogP contribution in [0.1, 0.15) is 40.5 Å². The van der Waals surface area contributed by atoms with Gasteiger partial charge in [0.1, 0.15) is 5.54 Å². The van der Waals surface area contributed by atoms with Crippen LogP contribution in [-0.4, -0.2) is 48.8 Å². The van der Waals surface area contributed by atoms with Crippen LogP contribution in [0, 0.1) is 11.3 Å². The number of morpholine rings is 1. The molecule has 0 bridgehead atoms. The minimum Gasteiger partial charge on any atom is -0.376 e. The van der Waals surface area contributed by atoms with E-state index in [0.717, 1.165) is 39.1 Å². The molecular formula is C14H27N3O. The van der Waals surface area contributed by atoms with Gasteiger partial charge < -0.3 is 4.74 Å². The average molecular weight is 253 g/mol. The van der Waals surface area contributed by atoms with Gasteiger partial charge in [-0.15, -0.1) is 0 Å². The Kier molecular flexibility index (Phi) is 6.07. The van der Waals surface area contributed by atoms with E-state index < -0.39 is 5.54 Å². The highest BCUT2D eigenvalue weighted by atomic mass is 16.5. The van der Waals surface area contributed by atoms with Gasteiger partial charge in [0.15, 0.2) is 0 Å². The fraction of sp³-hybridized carbons (Fsp3) is 0.929. The second-order valence-electron chi connectivity index (χ2n) is 5.60. The lowest BCUT2D eigenvalue weighted by Gasteiger charge is -2.38. The monoisotopic (exact) mass is 253 g/mol. The lowest BCUT2D eigenvalue weighted by atomic mass is 9.94. The average Bonchev–Trinajstić information content (AvgIpc) is 2.36. The van der Waals surface area contributed by atoms with Gasteiger partial charge in [0, 0.05) is 19.1 Å². The van der Waals surface area contributed by atoms with Gasteiger partial charge in [-0.2, -0.15) is 5.26 Å². The third kappa shape index (κ3) is 4.56. The van der Waals surface area contributed by atoms with Crippen LogP contribution in [0.5, 0.6) is 0 Å². The molecule has 0 aromatic carbocycles. The summed E-state index contributed by atoms with van der Waals surface area (Å²) in [6.07, 6.45) is 2.22. The van der Waals surface area contributed by atoms with E-state index in [2.05, 4.69) is 37.1 Å². The van der Waals surface area contributed by atoms with Gasteiger partial charge in [-0.1, -0.05) is 6.92 Å². The normalized spacial score (nSPS) is 26.3. The Morgan fingerprint density at radius 1 is 1.61 bits per heavy atom. The molecule has 3 atom stereocenters. The van der Waals surface area contributed by atoms with Gasteiger partial charge in [0.25, 0.3) is 0 Å². The van der Waals surface area contributed by atoms with Crippen molar-refractivity contribution in [2.24, 2.45) is 0 Å². The number of rotatable bonds is 6. The summed E-state index contributed by atoms with van der Waals surface area (Å²) in [4.78, 5) is 2.43. The number of hydrogen-bond donors (Lipinski definition) is 1. The quantitative estimate of drug-likeness (QED) is 0.783. The summed E-state index contributed by atoms with van der Waals surface area (Å²) >= 11 is 0. The SMILES string of the molecule is CCCNC(C)(C#N)CC(C)N1CCOC(C)C1. The van der Waals surface area contributed by atoms with Crippen molar-refractivity contribution in [2.75, 3.05) is 26.2 Å². The molecule has 1 aliphatic rings. The third-order valence-electron chi connectivity index (χ3n) is 3.61. The summed E-state index contributed by atoms with van der Waals surface area (Å²) in [6, 6.07) is 2.83. The third-order valence-corrected chi connectivity index (χ3v) is 3.61. The molecule has 1 fully saturated rings. The van der Waals surface area contributed by atoms with Gasteiger partial charge in [-0.25, -0.2) is 0 Å². The Hall–Kier alpha value is -0.630. The van der Waals surface area contributed by atoms with E-state index in [1.165, 1.54) is 0 Å². The van der Waals surface area contributed by atoms with Crippen LogP contribution in [0.25, 0.3) is 0 Å². The standard InChI is InChI=1S/C14H27N3O/c1-5-6-16-14(4,11-15)9-12(2)17-7-8-18-13(3)10-17/h12-13,16H,5-10H2,1-4H3. The molecule has 4 heteroatoms. The van der Waals surface area contributed by atoms with E-state index in [-0.39, 0.29) is 0 Å². The van der Waals surface area contributed by atoms with Crippen molar-refractivity contribution < 1.29 is 4.74 Å². The Labute approximate surface area is 111 Å². The second-order valence-corrected chi connectivity index (χ2v) is 5.60. The zero-order valence-electron chi connectivity index (χ0n) is 12.2. The largest absolute Gasteiger partial charge is 0.376 e. The maximum Gasteiger partial charge on any atom is 0.105 e. The van der Waals surface area contributed by atoms with Crippen molar-refractivity contribution in [3.05, 3.63) is 0 Å². The van der Waals surface area contributed by atoms with Crippen molar-refractivity contribution in [1.29, 1.82) is 5.26 Å². The molecule has 1 rings (SSSR count). The van der Waals surface area contributed by atoms with Crippen LogP contribution in [0.3, 0.4) is 0 Å². The van der Waals surface area contributed by atoms with Crippen LogP contribution in [0.15, 0.2) is 0 Å². The Balaban J connectivity index is 2.50. The van der Waals surface area contributed by atoms with Crippen LogP contribution in [0.2, 0.25) is 0 Å². The minimum atomic E-state index is -0.420. The number of ether oxygens (including phenoxy) is 1. The molecule has 0 saturated carbocycles. The molecule has 1 aliphatic heterocycles. The molecule has 104 valence electrons. The number of nitrogens with zero attached hydrogens (tertiary/aromatic N) is 2. The Bertz CT molecular complexity index is 289. The molecular weight excluding hydrogens is 226 g/mol. The minimum absolute atomic E-state index is 0.304. The van der Waals surface area contributed by atoms with Crippen molar-refractivity contribution in [2.45, 2.75) is 58.2 Å². The molecule has 1 saturated heterocycles. The van der Waals surface area contributed by atoms with Crippen LogP contribution < -0.4 is 5.32 Å². The topological polar surface area (TPSA) is 48.3 Å². The zero-order valence-corrected chi connectivity index (χ0v) is 12.2. The first-order chi connectivity index (χ1) is 8.50. The summed E-state index contributed by atoms with van der Waals surface area (Å²) in [5.41, 5.74) is -0.420. The number of hydrogen-bond acceptors (Lipinski definition) is 4. The molecule has 1 heterocycles. The summed E-state index contributed by atoms with van der Waals surface area (Å²) < 4.78 is 5.56. The van der Waals surface area contributed by atoms with Crippen molar-refractivity contribution in [3.63, 3.8) is 0 Å². The summed E-state index contributed by atoms with van der Waals surface area (Å²) in [5, 5.41) is 12.7. The molecule has 0 aromatic rings. The predicted molar refractivity (Wildman–Crippen MR) is 73.4 cm³/mol. The molecule has 0 aromatic heterocycles. The van der Waals surface area contributed by atoms with E-state index in [1.807, 2.05) is 6.92 Å². The first kappa shape index (κ1) is 15.4. The highest BCUT2D eigenvalue weighted by molar-refractivity contribution is 5.05. The molecule has 0 radical (unpaired) electrons. The molecule has 18 heavy (non-hydrogen) atoms. The summed E-state index contributed by atoms with van der Waals surface area (Å²) in [6.45, 7) is 12.1. The van der Waals surface area contributed by atoms with Crippen LogP contribution in [0.4, 0.5) is 0 Å². The van der Waals surface area contributed by atoms with Gasteiger partial charge in [0.05, 0.1) is 18.8 Å². The lowest BCUT2D eigenvalue weighted by molar-refractivity contribution is -0.0346. The van der Waals surface area contributed by atoms with E-state index in [9.17, 15) is 5.26 Å². The van der Waals surface area contributed by atoms with Crippen LogP contribution >= 0.6 is 0 Å². The summed E-state index contributed by atoms with van der Waals surface area (Å²) in [7, 11) is 0. The van der Waals surface area contributed by atoms with E-state index in [0.29, 0.717) is 12.1 Å². The lowest BCUT2D eigenvalue weighted by Crippen LogP contribution is -2.51. The second kappa shape index (κ2) is 7.08. The van der Waals surface area contributed by atoms with Crippen molar-refractivity contribution >= 4 is 0 Å². The maximum absolute atomic E-state index is 9.36. The van der Waals surface area contributed by atoms with Crippen molar-refractivity contribution in [3.8, 4) is 6.07 Å². The molecule has 0 spiro atoms. The molecule has 1 N–H and O–H groups in total. The van der Waals surface area contributed by atoms with Gasteiger partial charge >= 0.3 is 0 Å². The van der Waals surface area contributed by atoms with Gasteiger partial charge in [0.2, 0.25) is 0 Å². The van der Waals surface area contributed by atoms with Crippen molar-refractivity contribution in [1.82, 2.24) is 10.2 Å². The fourth-order valence-electron chi connectivity index (χ4n) is 2.52. The smallest absolute Gasteiger partial charge is 0.105 e. The molecule has 3 unspecified atom stereocenters. The summed E-state index contributed by atoms with van der Waals surface area (Å²) in [5.74, 6) is 0. The molecule has 0 aliphatic carbocycles. The van der Waals surface area contributed by atoms with Gasteiger partial charge in [-0.05, 0) is 40.2 Å². The maximum atomic E-state index is 9.36. The van der Waals surface area contributed by atoms with E-state index in [1.54, 1.807) is 0 Å².